The standard InChI is InChI=1S/C8H10O/c1-2-6-5-7-3-4-8(6)9-7/h2-4,6-8H,1,5H2. The van der Waals surface area contributed by atoms with Gasteiger partial charge in [-0.15, -0.1) is 6.58 Å². The van der Waals surface area contributed by atoms with Gasteiger partial charge < -0.3 is 4.74 Å². The van der Waals surface area contributed by atoms with Gasteiger partial charge in [0.15, 0.2) is 0 Å². The number of ether oxygens (including phenoxy) is 1. The molecule has 1 fully saturated rings. The third kappa shape index (κ3) is 0.648. The van der Waals surface area contributed by atoms with Crippen LogP contribution >= 0.6 is 0 Å². The molecule has 9 heavy (non-hydrogen) atoms. The van der Waals surface area contributed by atoms with Crippen molar-refractivity contribution >= 4 is 0 Å². The summed E-state index contributed by atoms with van der Waals surface area (Å²) in [6.07, 6.45) is 8.18. The van der Waals surface area contributed by atoms with Crippen molar-refractivity contribution in [2.45, 2.75) is 18.6 Å². The van der Waals surface area contributed by atoms with E-state index in [0.29, 0.717) is 18.1 Å². The van der Waals surface area contributed by atoms with Crippen LogP contribution in [0.2, 0.25) is 0 Å². The molecule has 0 N–H and O–H groups in total. The Morgan fingerprint density at radius 2 is 2.44 bits per heavy atom. The second-order valence-corrected chi connectivity index (χ2v) is 2.66. The fraction of sp³-hybridized carbons (Fsp3) is 0.500. The van der Waals surface area contributed by atoms with E-state index in [2.05, 4.69) is 18.7 Å². The summed E-state index contributed by atoms with van der Waals surface area (Å²) in [7, 11) is 0. The molecule has 2 bridgehead atoms. The van der Waals surface area contributed by atoms with Crippen LogP contribution in [0.25, 0.3) is 0 Å². The molecule has 2 aliphatic rings. The van der Waals surface area contributed by atoms with Gasteiger partial charge in [0.2, 0.25) is 0 Å². The average Bonchev–Trinajstić information content (AvgIpc) is 2.45. The van der Waals surface area contributed by atoms with Crippen molar-refractivity contribution in [3.63, 3.8) is 0 Å². The van der Waals surface area contributed by atoms with Gasteiger partial charge in [0.25, 0.3) is 0 Å². The zero-order chi connectivity index (χ0) is 6.27. The van der Waals surface area contributed by atoms with Crippen LogP contribution in [0.15, 0.2) is 24.8 Å². The lowest BCUT2D eigenvalue weighted by Gasteiger charge is -2.07. The van der Waals surface area contributed by atoms with Crippen LogP contribution in [0.1, 0.15) is 6.42 Å². The molecule has 0 spiro atoms. The van der Waals surface area contributed by atoms with Gasteiger partial charge in [0, 0.05) is 5.92 Å². The average molecular weight is 122 g/mol. The van der Waals surface area contributed by atoms with Gasteiger partial charge >= 0.3 is 0 Å². The number of rotatable bonds is 1. The minimum Gasteiger partial charge on any atom is -0.366 e. The van der Waals surface area contributed by atoms with Crippen molar-refractivity contribution in [1.82, 2.24) is 0 Å². The Morgan fingerprint density at radius 3 is 2.78 bits per heavy atom. The van der Waals surface area contributed by atoms with Crippen LogP contribution in [0.3, 0.4) is 0 Å². The molecule has 3 unspecified atom stereocenters. The summed E-state index contributed by atoms with van der Waals surface area (Å²) < 4.78 is 5.49. The predicted octanol–water partition coefficient (Wildman–Crippen LogP) is 1.52. The van der Waals surface area contributed by atoms with Gasteiger partial charge in [-0.25, -0.2) is 0 Å². The Balaban J connectivity index is 2.19. The monoisotopic (exact) mass is 122 g/mol. The predicted molar refractivity (Wildman–Crippen MR) is 36.1 cm³/mol. The van der Waals surface area contributed by atoms with Crippen LogP contribution in [0.5, 0.6) is 0 Å². The van der Waals surface area contributed by atoms with E-state index in [1.165, 1.54) is 0 Å². The van der Waals surface area contributed by atoms with E-state index < -0.39 is 0 Å². The quantitative estimate of drug-likeness (QED) is 0.479. The summed E-state index contributed by atoms with van der Waals surface area (Å²) in [6.45, 7) is 3.75. The molecule has 2 rings (SSSR count). The van der Waals surface area contributed by atoms with Crippen LogP contribution in [0, 0.1) is 5.92 Å². The van der Waals surface area contributed by atoms with Gasteiger partial charge in [-0.3, -0.25) is 0 Å². The van der Waals surface area contributed by atoms with Gasteiger partial charge in [-0.2, -0.15) is 0 Å². The minimum atomic E-state index is 0.354. The van der Waals surface area contributed by atoms with Gasteiger partial charge in [-0.05, 0) is 6.42 Å². The third-order valence-corrected chi connectivity index (χ3v) is 2.08. The first-order valence-electron chi connectivity index (χ1n) is 3.36. The summed E-state index contributed by atoms with van der Waals surface area (Å²) in [5, 5.41) is 0. The van der Waals surface area contributed by atoms with Crippen molar-refractivity contribution < 1.29 is 4.74 Å². The normalized spacial score (nSPS) is 46.0. The van der Waals surface area contributed by atoms with Crippen molar-refractivity contribution in [2.24, 2.45) is 5.92 Å². The van der Waals surface area contributed by atoms with Crippen LogP contribution in [-0.4, -0.2) is 12.2 Å². The smallest absolute Gasteiger partial charge is 0.0828 e. The third-order valence-electron chi connectivity index (χ3n) is 2.08. The molecule has 1 saturated heterocycles. The van der Waals surface area contributed by atoms with Crippen LogP contribution in [-0.2, 0) is 4.74 Å². The fourth-order valence-electron chi connectivity index (χ4n) is 1.54. The number of fused-ring (bicyclic) bond motifs is 2. The Kier molecular flexibility index (Phi) is 0.995. The largest absolute Gasteiger partial charge is 0.366 e. The maximum Gasteiger partial charge on any atom is 0.0828 e. The zero-order valence-electron chi connectivity index (χ0n) is 5.29. The Morgan fingerprint density at radius 1 is 1.56 bits per heavy atom. The van der Waals surface area contributed by atoms with Crippen molar-refractivity contribution in [2.75, 3.05) is 0 Å². The molecule has 0 radical (unpaired) electrons. The van der Waals surface area contributed by atoms with Gasteiger partial charge in [0.05, 0.1) is 12.2 Å². The molecule has 1 nitrogen and oxygen atoms in total. The fourth-order valence-corrected chi connectivity index (χ4v) is 1.54. The molecule has 3 atom stereocenters. The van der Waals surface area contributed by atoms with Crippen molar-refractivity contribution in [3.8, 4) is 0 Å². The molecule has 0 amide bonds. The summed E-state index contributed by atoms with van der Waals surface area (Å²) >= 11 is 0. The second-order valence-electron chi connectivity index (χ2n) is 2.66. The molecule has 48 valence electrons. The van der Waals surface area contributed by atoms with Crippen LogP contribution < -0.4 is 0 Å². The first-order valence-corrected chi connectivity index (χ1v) is 3.36. The molecule has 0 saturated carbocycles. The van der Waals surface area contributed by atoms with E-state index in [-0.39, 0.29) is 0 Å². The molecule has 0 aromatic carbocycles. The Bertz CT molecular complexity index is 160. The molecule has 2 aliphatic heterocycles. The van der Waals surface area contributed by atoms with E-state index in [0.717, 1.165) is 6.42 Å². The van der Waals surface area contributed by atoms with Crippen LogP contribution in [0.4, 0.5) is 0 Å². The SMILES string of the molecule is C=CC1CC2C=CC1O2. The highest BCUT2D eigenvalue weighted by molar-refractivity contribution is 5.14. The molecular formula is C8H10O. The molecule has 0 aromatic heterocycles. The second kappa shape index (κ2) is 1.71. The van der Waals surface area contributed by atoms with E-state index in [9.17, 15) is 0 Å². The lowest BCUT2D eigenvalue weighted by molar-refractivity contribution is 0.114. The Labute approximate surface area is 55.0 Å². The first-order chi connectivity index (χ1) is 4.40. The highest BCUT2D eigenvalue weighted by Crippen LogP contribution is 2.33. The first kappa shape index (κ1) is 5.24. The van der Waals surface area contributed by atoms with Crippen molar-refractivity contribution in [3.05, 3.63) is 24.8 Å². The lowest BCUT2D eigenvalue weighted by atomic mass is 9.95. The molecular weight excluding hydrogens is 112 g/mol. The highest BCUT2D eigenvalue weighted by atomic mass is 16.5. The summed E-state index contributed by atoms with van der Waals surface area (Å²) in [4.78, 5) is 0. The lowest BCUT2D eigenvalue weighted by Crippen LogP contribution is -2.08. The van der Waals surface area contributed by atoms with Gasteiger partial charge in [0.1, 0.15) is 0 Å². The van der Waals surface area contributed by atoms with Gasteiger partial charge in [-0.1, -0.05) is 18.2 Å². The molecule has 0 aromatic rings. The molecule has 0 aliphatic carbocycles. The maximum absolute atomic E-state index is 5.49. The van der Waals surface area contributed by atoms with E-state index in [1.54, 1.807) is 0 Å². The molecule has 1 heteroatoms. The zero-order valence-corrected chi connectivity index (χ0v) is 5.29. The molecule has 2 heterocycles. The number of hydrogen-bond acceptors (Lipinski definition) is 1. The Hall–Kier alpha value is -0.560. The van der Waals surface area contributed by atoms with Crippen molar-refractivity contribution in [1.29, 1.82) is 0 Å². The number of hydrogen-bond donors (Lipinski definition) is 0. The topological polar surface area (TPSA) is 9.23 Å². The highest BCUT2D eigenvalue weighted by Gasteiger charge is 2.34. The summed E-state index contributed by atoms with van der Waals surface area (Å²) in [5.41, 5.74) is 0. The summed E-state index contributed by atoms with van der Waals surface area (Å²) in [6, 6.07) is 0. The van der Waals surface area contributed by atoms with E-state index in [4.69, 9.17) is 4.74 Å². The maximum atomic E-state index is 5.49. The minimum absolute atomic E-state index is 0.354. The van der Waals surface area contributed by atoms with E-state index in [1.807, 2.05) is 6.08 Å². The van der Waals surface area contributed by atoms with E-state index >= 15 is 0 Å². The summed E-state index contributed by atoms with van der Waals surface area (Å²) in [5.74, 6) is 0.583.